The molecule has 1 atom stereocenters. The number of carbonyl (C=O) groups is 1. The molecule has 0 fully saturated rings. The molecule has 2 rings (SSSR count). The highest BCUT2D eigenvalue weighted by Gasteiger charge is 2.23. The predicted molar refractivity (Wildman–Crippen MR) is 61.8 cm³/mol. The summed E-state index contributed by atoms with van der Waals surface area (Å²) in [4.78, 5) is 10.7. The Morgan fingerprint density at radius 2 is 2.06 bits per heavy atom. The third-order valence-electron chi connectivity index (χ3n) is 2.76. The lowest BCUT2D eigenvalue weighted by atomic mass is 10.0. The van der Waals surface area contributed by atoms with Crippen LogP contribution in [-0.4, -0.2) is 37.3 Å². The molecule has 0 aliphatic heterocycles. The minimum atomic E-state index is -1.24. The molecule has 0 spiro atoms. The second kappa shape index (κ2) is 4.11. The molecule has 18 heavy (non-hydrogen) atoms. The Hall–Kier alpha value is -2.41. The number of phenolic OH excluding ortho intramolecular Hbond substituents is 1. The van der Waals surface area contributed by atoms with E-state index >= 15 is 0 Å². The highest BCUT2D eigenvalue weighted by atomic mass is 16.5. The molecular formula is C11H12N2O5. The first-order valence-electron chi connectivity index (χ1n) is 5.15. The maximum Gasteiger partial charge on any atom is 0.320 e. The van der Waals surface area contributed by atoms with Crippen LogP contribution in [-0.2, 0) is 11.2 Å². The molecule has 0 saturated carbocycles. The Labute approximate surface area is 101 Å². The molecule has 0 aliphatic rings. The number of rotatable bonds is 3. The number of aromatic nitrogens is 1. The fourth-order valence-corrected chi connectivity index (χ4v) is 1.87. The number of hydrogen-bond acceptors (Lipinski definition) is 5. The maximum absolute atomic E-state index is 10.7. The Morgan fingerprint density at radius 1 is 1.39 bits per heavy atom. The van der Waals surface area contributed by atoms with E-state index in [1.165, 1.54) is 18.2 Å². The lowest BCUT2D eigenvalue weighted by Crippen LogP contribution is -2.32. The fraction of sp³-hybridized carbons (Fsp3) is 0.182. The highest BCUT2D eigenvalue weighted by Crippen LogP contribution is 2.36. The quantitative estimate of drug-likeness (QED) is 0.498. The van der Waals surface area contributed by atoms with Crippen LogP contribution >= 0.6 is 0 Å². The molecule has 1 heterocycles. The third kappa shape index (κ3) is 1.70. The monoisotopic (exact) mass is 252 g/mol. The minimum absolute atomic E-state index is 0.0977. The normalized spacial score (nSPS) is 12.7. The van der Waals surface area contributed by atoms with Crippen molar-refractivity contribution in [2.24, 2.45) is 5.73 Å². The van der Waals surface area contributed by atoms with Gasteiger partial charge < -0.3 is 26.3 Å². The van der Waals surface area contributed by atoms with Gasteiger partial charge in [-0.05, 0) is 12.1 Å². The van der Waals surface area contributed by atoms with Gasteiger partial charge in [0.05, 0.1) is 10.9 Å². The van der Waals surface area contributed by atoms with E-state index < -0.39 is 17.9 Å². The standard InChI is InChI=1S/C11H12N2O5/c12-6(11(16)17)4-5-9-7(13(18)10(5)15)2-1-3-8(9)14/h1-3,6,14-15,18H,4,12H2,(H,16,17). The Balaban J connectivity index is 2.63. The number of hydrogen-bond donors (Lipinski definition) is 5. The van der Waals surface area contributed by atoms with Gasteiger partial charge in [-0.2, -0.15) is 4.73 Å². The van der Waals surface area contributed by atoms with Gasteiger partial charge >= 0.3 is 5.97 Å². The van der Waals surface area contributed by atoms with E-state index in [1.807, 2.05) is 0 Å². The molecule has 0 radical (unpaired) electrons. The van der Waals surface area contributed by atoms with Crippen molar-refractivity contribution < 1.29 is 25.3 Å². The van der Waals surface area contributed by atoms with E-state index in [2.05, 4.69) is 0 Å². The van der Waals surface area contributed by atoms with Crippen molar-refractivity contribution in [1.82, 2.24) is 4.73 Å². The second-order valence-electron chi connectivity index (χ2n) is 3.93. The number of nitrogens with zero attached hydrogens (tertiary/aromatic N) is 1. The summed E-state index contributed by atoms with van der Waals surface area (Å²) in [7, 11) is 0. The summed E-state index contributed by atoms with van der Waals surface area (Å²) >= 11 is 0. The number of carboxylic acid groups (broad SMARTS) is 1. The van der Waals surface area contributed by atoms with Gasteiger partial charge in [-0.25, -0.2) is 0 Å². The van der Waals surface area contributed by atoms with E-state index in [-0.39, 0.29) is 28.6 Å². The van der Waals surface area contributed by atoms with Crippen LogP contribution in [0.1, 0.15) is 5.56 Å². The van der Waals surface area contributed by atoms with Crippen molar-refractivity contribution in [3.63, 3.8) is 0 Å². The fourth-order valence-electron chi connectivity index (χ4n) is 1.87. The van der Waals surface area contributed by atoms with Crippen molar-refractivity contribution >= 4 is 16.9 Å². The van der Waals surface area contributed by atoms with Crippen molar-refractivity contribution in [3.05, 3.63) is 23.8 Å². The summed E-state index contributed by atoms with van der Waals surface area (Å²) in [6.07, 6.45) is -0.206. The summed E-state index contributed by atoms with van der Waals surface area (Å²) in [5, 5.41) is 38.0. The lowest BCUT2D eigenvalue weighted by Gasteiger charge is -2.06. The smallest absolute Gasteiger partial charge is 0.320 e. The van der Waals surface area contributed by atoms with Gasteiger partial charge in [0.25, 0.3) is 0 Å². The van der Waals surface area contributed by atoms with Crippen LogP contribution in [0.3, 0.4) is 0 Å². The first-order valence-corrected chi connectivity index (χ1v) is 5.15. The average Bonchev–Trinajstić information content (AvgIpc) is 2.56. The number of nitrogens with two attached hydrogens (primary N) is 1. The average molecular weight is 252 g/mol. The van der Waals surface area contributed by atoms with E-state index in [9.17, 15) is 20.2 Å². The Kier molecular flexibility index (Phi) is 2.76. The highest BCUT2D eigenvalue weighted by molar-refractivity contribution is 5.92. The number of phenols is 1. The van der Waals surface area contributed by atoms with Gasteiger partial charge in [0.15, 0.2) is 0 Å². The van der Waals surface area contributed by atoms with E-state index in [1.54, 1.807) is 0 Å². The summed E-state index contributed by atoms with van der Waals surface area (Å²) < 4.78 is 0.485. The van der Waals surface area contributed by atoms with Crippen LogP contribution in [0.15, 0.2) is 18.2 Å². The molecule has 0 amide bonds. The van der Waals surface area contributed by atoms with Crippen molar-refractivity contribution in [2.75, 3.05) is 0 Å². The zero-order chi connectivity index (χ0) is 13.4. The Bertz CT molecular complexity index is 619. The predicted octanol–water partition coefficient (Wildman–Crippen LogP) is 0.244. The molecule has 0 aliphatic carbocycles. The van der Waals surface area contributed by atoms with Crippen LogP contribution < -0.4 is 5.73 Å². The first-order chi connectivity index (χ1) is 8.43. The largest absolute Gasteiger partial charge is 0.507 e. The van der Waals surface area contributed by atoms with Gasteiger partial charge in [-0.3, -0.25) is 4.79 Å². The summed E-state index contributed by atoms with van der Waals surface area (Å²) in [5.74, 6) is -1.92. The van der Waals surface area contributed by atoms with Crippen molar-refractivity contribution in [2.45, 2.75) is 12.5 Å². The number of aliphatic carboxylic acids is 1. The van der Waals surface area contributed by atoms with Crippen molar-refractivity contribution in [1.29, 1.82) is 0 Å². The maximum atomic E-state index is 10.7. The first kappa shape index (κ1) is 12.1. The number of fused-ring (bicyclic) bond motifs is 1. The molecule has 2 aromatic rings. The molecule has 1 unspecified atom stereocenters. The van der Waals surface area contributed by atoms with E-state index in [0.29, 0.717) is 4.73 Å². The number of aromatic hydroxyl groups is 2. The van der Waals surface area contributed by atoms with Crippen LogP contribution in [0.4, 0.5) is 0 Å². The van der Waals surface area contributed by atoms with Gasteiger partial charge in [0, 0.05) is 12.0 Å². The molecule has 7 heteroatoms. The van der Waals surface area contributed by atoms with Gasteiger partial charge in [-0.15, -0.1) is 0 Å². The Morgan fingerprint density at radius 3 is 2.67 bits per heavy atom. The van der Waals surface area contributed by atoms with E-state index in [0.717, 1.165) is 0 Å². The molecular weight excluding hydrogens is 240 g/mol. The van der Waals surface area contributed by atoms with Crippen LogP contribution in [0.25, 0.3) is 10.9 Å². The topological polar surface area (TPSA) is 129 Å². The van der Waals surface area contributed by atoms with Crippen LogP contribution in [0.2, 0.25) is 0 Å². The van der Waals surface area contributed by atoms with Crippen LogP contribution in [0.5, 0.6) is 11.6 Å². The van der Waals surface area contributed by atoms with Gasteiger partial charge in [0.1, 0.15) is 11.8 Å². The molecule has 1 aromatic heterocycles. The number of benzene rings is 1. The van der Waals surface area contributed by atoms with E-state index in [4.69, 9.17) is 10.8 Å². The zero-order valence-corrected chi connectivity index (χ0v) is 9.24. The molecule has 7 nitrogen and oxygen atoms in total. The lowest BCUT2D eigenvalue weighted by molar-refractivity contribution is -0.138. The SMILES string of the molecule is NC(Cc1c(O)n(O)c2cccc(O)c12)C(=O)O. The zero-order valence-electron chi connectivity index (χ0n) is 9.24. The minimum Gasteiger partial charge on any atom is -0.507 e. The van der Waals surface area contributed by atoms with Crippen molar-refractivity contribution in [3.8, 4) is 11.6 Å². The van der Waals surface area contributed by atoms with Crippen LogP contribution in [0, 0.1) is 0 Å². The van der Waals surface area contributed by atoms with Gasteiger partial charge in [0.2, 0.25) is 5.88 Å². The summed E-state index contributed by atoms with van der Waals surface area (Å²) in [6.45, 7) is 0. The van der Waals surface area contributed by atoms with Gasteiger partial charge in [-0.1, -0.05) is 6.07 Å². The summed E-state index contributed by atoms with van der Waals surface area (Å²) in [6, 6.07) is 3.11. The molecule has 1 aromatic carbocycles. The molecule has 96 valence electrons. The number of carboxylic acids is 1. The molecule has 0 bridgehead atoms. The molecule has 6 N–H and O–H groups in total. The third-order valence-corrected chi connectivity index (χ3v) is 2.76. The molecule has 0 saturated heterocycles. The second-order valence-corrected chi connectivity index (χ2v) is 3.93. The summed E-state index contributed by atoms with van der Waals surface area (Å²) in [5.41, 5.74) is 5.66.